The molecule has 1 saturated heterocycles. The standard InChI is InChI=1S/C29H34ClN5/c1-21-7-10-27-26(17-21)29(25-9-8-23(30)19-28(25)32-27)31-24-6-4-5-22(18-24)20-35-15-13-34(14-16-35)12-11-33(2)3/h4-10,17-19H,11-16,20H2,1-3H3,(H,31,32). The number of fused-ring (bicyclic) bond motifs is 2. The Morgan fingerprint density at radius 1 is 0.886 bits per heavy atom. The molecule has 0 amide bonds. The molecular formula is C29H34ClN5. The molecule has 1 aliphatic heterocycles. The van der Waals surface area contributed by atoms with Crippen molar-refractivity contribution in [1.29, 1.82) is 0 Å². The van der Waals surface area contributed by atoms with Gasteiger partial charge in [-0.1, -0.05) is 35.4 Å². The Hall–Kier alpha value is -2.70. The third-order valence-corrected chi connectivity index (χ3v) is 7.06. The first-order valence-electron chi connectivity index (χ1n) is 12.4. The molecule has 1 fully saturated rings. The van der Waals surface area contributed by atoms with Crippen LogP contribution in [-0.4, -0.2) is 73.0 Å². The van der Waals surface area contributed by atoms with E-state index in [0.29, 0.717) is 5.02 Å². The molecule has 1 N–H and O–H groups in total. The number of aryl methyl sites for hydroxylation is 1. The van der Waals surface area contributed by atoms with E-state index in [0.717, 1.165) is 79.0 Å². The van der Waals surface area contributed by atoms with Crippen molar-refractivity contribution in [3.8, 4) is 0 Å². The predicted molar refractivity (Wildman–Crippen MR) is 149 cm³/mol. The van der Waals surface area contributed by atoms with E-state index in [4.69, 9.17) is 16.6 Å². The summed E-state index contributed by atoms with van der Waals surface area (Å²) < 4.78 is 0. The number of hydrogen-bond acceptors (Lipinski definition) is 5. The number of likely N-dealkylation sites (N-methyl/N-ethyl adjacent to an activating group) is 1. The van der Waals surface area contributed by atoms with Gasteiger partial charge in [-0.3, -0.25) is 9.80 Å². The molecule has 3 aromatic carbocycles. The fourth-order valence-electron chi connectivity index (χ4n) is 4.83. The van der Waals surface area contributed by atoms with Crippen LogP contribution < -0.4 is 5.32 Å². The van der Waals surface area contributed by atoms with Gasteiger partial charge in [0.25, 0.3) is 0 Å². The number of anilines is 2. The normalized spacial score (nSPS) is 15.3. The number of aromatic nitrogens is 1. The fourth-order valence-corrected chi connectivity index (χ4v) is 4.99. The molecule has 5 nitrogen and oxygen atoms in total. The van der Waals surface area contributed by atoms with Gasteiger partial charge in [0.2, 0.25) is 0 Å². The van der Waals surface area contributed by atoms with Gasteiger partial charge in [-0.25, -0.2) is 4.98 Å². The maximum atomic E-state index is 6.29. The molecule has 4 aromatic rings. The van der Waals surface area contributed by atoms with E-state index in [-0.39, 0.29) is 0 Å². The molecule has 6 heteroatoms. The van der Waals surface area contributed by atoms with Crippen LogP contribution in [0.3, 0.4) is 0 Å². The van der Waals surface area contributed by atoms with Crippen molar-refractivity contribution in [2.45, 2.75) is 13.5 Å². The summed E-state index contributed by atoms with van der Waals surface area (Å²) in [7, 11) is 4.29. The molecule has 35 heavy (non-hydrogen) atoms. The van der Waals surface area contributed by atoms with E-state index >= 15 is 0 Å². The summed E-state index contributed by atoms with van der Waals surface area (Å²) in [5, 5.41) is 6.63. The van der Waals surface area contributed by atoms with Crippen LogP contribution in [0.5, 0.6) is 0 Å². The average molecular weight is 488 g/mol. The topological polar surface area (TPSA) is 34.6 Å². The average Bonchev–Trinajstić information content (AvgIpc) is 2.84. The zero-order chi connectivity index (χ0) is 24.4. The van der Waals surface area contributed by atoms with Crippen molar-refractivity contribution in [3.63, 3.8) is 0 Å². The lowest BCUT2D eigenvalue weighted by Crippen LogP contribution is -2.47. The van der Waals surface area contributed by atoms with Gasteiger partial charge in [-0.05, 0) is 69.0 Å². The molecule has 0 bridgehead atoms. The minimum Gasteiger partial charge on any atom is -0.354 e. The van der Waals surface area contributed by atoms with Crippen LogP contribution >= 0.6 is 11.6 Å². The third kappa shape index (κ3) is 5.76. The van der Waals surface area contributed by atoms with E-state index in [1.54, 1.807) is 0 Å². The zero-order valence-corrected chi connectivity index (χ0v) is 21.6. The van der Waals surface area contributed by atoms with Crippen LogP contribution in [0.25, 0.3) is 21.8 Å². The van der Waals surface area contributed by atoms with Gasteiger partial charge in [-0.2, -0.15) is 0 Å². The molecule has 182 valence electrons. The van der Waals surface area contributed by atoms with Crippen LogP contribution in [0.2, 0.25) is 5.02 Å². The first-order valence-corrected chi connectivity index (χ1v) is 12.8. The summed E-state index contributed by atoms with van der Waals surface area (Å²) in [6.07, 6.45) is 0. The smallest absolute Gasteiger partial charge is 0.0745 e. The van der Waals surface area contributed by atoms with Gasteiger partial charge in [-0.15, -0.1) is 0 Å². The molecule has 0 aliphatic carbocycles. The Labute approximate surface area is 213 Å². The summed E-state index contributed by atoms with van der Waals surface area (Å²) in [5.74, 6) is 0. The molecule has 0 radical (unpaired) electrons. The minimum atomic E-state index is 0.700. The number of nitrogens with zero attached hydrogens (tertiary/aromatic N) is 4. The van der Waals surface area contributed by atoms with Crippen molar-refractivity contribution in [1.82, 2.24) is 19.7 Å². The summed E-state index contributed by atoms with van der Waals surface area (Å²) in [6.45, 7) is 9.89. The van der Waals surface area contributed by atoms with Gasteiger partial charge < -0.3 is 10.2 Å². The summed E-state index contributed by atoms with van der Waals surface area (Å²) in [6, 6.07) is 21.2. The van der Waals surface area contributed by atoms with Crippen molar-refractivity contribution in [2.24, 2.45) is 0 Å². The van der Waals surface area contributed by atoms with Crippen LogP contribution in [0.4, 0.5) is 11.4 Å². The lowest BCUT2D eigenvalue weighted by Gasteiger charge is -2.35. The second-order valence-corrected chi connectivity index (χ2v) is 10.4. The molecule has 0 saturated carbocycles. The van der Waals surface area contributed by atoms with E-state index in [1.807, 2.05) is 12.1 Å². The number of piperazine rings is 1. The molecular weight excluding hydrogens is 454 g/mol. The Bertz CT molecular complexity index is 1330. The van der Waals surface area contributed by atoms with Crippen molar-refractivity contribution in [3.05, 3.63) is 76.8 Å². The Balaban J connectivity index is 1.36. The number of hydrogen-bond donors (Lipinski definition) is 1. The lowest BCUT2D eigenvalue weighted by atomic mass is 10.0. The highest BCUT2D eigenvalue weighted by Crippen LogP contribution is 2.35. The van der Waals surface area contributed by atoms with E-state index in [9.17, 15) is 0 Å². The van der Waals surface area contributed by atoms with Crippen LogP contribution in [0.15, 0.2) is 60.7 Å². The van der Waals surface area contributed by atoms with Gasteiger partial charge in [0, 0.05) is 67.3 Å². The first kappa shape index (κ1) is 24.0. The summed E-state index contributed by atoms with van der Waals surface area (Å²) >= 11 is 6.29. The summed E-state index contributed by atoms with van der Waals surface area (Å²) in [4.78, 5) is 12.3. The number of nitrogens with one attached hydrogen (secondary N) is 1. The van der Waals surface area contributed by atoms with Crippen LogP contribution in [0.1, 0.15) is 11.1 Å². The maximum Gasteiger partial charge on any atom is 0.0745 e. The monoisotopic (exact) mass is 487 g/mol. The van der Waals surface area contributed by atoms with Gasteiger partial charge >= 0.3 is 0 Å². The lowest BCUT2D eigenvalue weighted by molar-refractivity contribution is 0.120. The molecule has 1 aliphatic rings. The van der Waals surface area contributed by atoms with Crippen LogP contribution in [0, 0.1) is 6.92 Å². The highest BCUT2D eigenvalue weighted by atomic mass is 35.5. The molecule has 0 unspecified atom stereocenters. The van der Waals surface area contributed by atoms with E-state index < -0.39 is 0 Å². The molecule has 1 aromatic heterocycles. The molecule has 0 atom stereocenters. The van der Waals surface area contributed by atoms with Gasteiger partial charge in [0.05, 0.1) is 16.7 Å². The van der Waals surface area contributed by atoms with Gasteiger partial charge in [0.15, 0.2) is 0 Å². The first-order chi connectivity index (χ1) is 16.9. The van der Waals surface area contributed by atoms with E-state index in [1.165, 1.54) is 11.1 Å². The maximum absolute atomic E-state index is 6.29. The van der Waals surface area contributed by atoms with Crippen molar-refractivity contribution < 1.29 is 0 Å². The number of benzene rings is 3. The number of pyridine rings is 1. The molecule has 0 spiro atoms. The number of rotatable bonds is 7. The predicted octanol–water partition coefficient (Wildman–Crippen LogP) is 5.77. The highest BCUT2D eigenvalue weighted by molar-refractivity contribution is 6.31. The van der Waals surface area contributed by atoms with E-state index in [2.05, 4.69) is 89.6 Å². The zero-order valence-electron chi connectivity index (χ0n) is 20.9. The largest absolute Gasteiger partial charge is 0.354 e. The van der Waals surface area contributed by atoms with Gasteiger partial charge in [0.1, 0.15) is 0 Å². The molecule has 5 rings (SSSR count). The second kappa shape index (κ2) is 10.5. The SMILES string of the molecule is Cc1ccc2nc3cc(Cl)ccc3c(Nc3cccc(CN4CCN(CCN(C)C)CC4)c3)c2c1. The minimum absolute atomic E-state index is 0.700. The number of halogens is 1. The quantitative estimate of drug-likeness (QED) is 0.334. The third-order valence-electron chi connectivity index (χ3n) is 6.82. The van der Waals surface area contributed by atoms with Crippen molar-refractivity contribution in [2.75, 3.05) is 58.7 Å². The Kier molecular flexibility index (Phi) is 7.21. The fraction of sp³-hybridized carbons (Fsp3) is 0.345. The van der Waals surface area contributed by atoms with Crippen LogP contribution in [-0.2, 0) is 6.54 Å². The second-order valence-electron chi connectivity index (χ2n) is 9.92. The Morgan fingerprint density at radius 2 is 1.69 bits per heavy atom. The summed E-state index contributed by atoms with van der Waals surface area (Å²) in [5.41, 5.74) is 6.60. The van der Waals surface area contributed by atoms with Crippen molar-refractivity contribution >= 4 is 44.8 Å². The highest BCUT2D eigenvalue weighted by Gasteiger charge is 2.17. The Morgan fingerprint density at radius 3 is 2.49 bits per heavy atom. The molecule has 2 heterocycles.